The molecule has 0 radical (unpaired) electrons. The average molecular weight is 631 g/mol. The topological polar surface area (TPSA) is 87.6 Å². The highest BCUT2D eigenvalue weighted by molar-refractivity contribution is 5.70. The van der Waals surface area contributed by atoms with E-state index >= 15 is 0 Å². The number of pyridine rings is 2. The summed E-state index contributed by atoms with van der Waals surface area (Å²) < 4.78 is 32.8. The van der Waals surface area contributed by atoms with Crippen LogP contribution in [-0.2, 0) is 0 Å². The lowest BCUT2D eigenvalue weighted by molar-refractivity contribution is 0.324. The van der Waals surface area contributed by atoms with E-state index in [0.717, 1.165) is 72.7 Å². The smallest absolute Gasteiger partial charge is 0.203 e. The first-order valence-corrected chi connectivity index (χ1v) is 15.3. The van der Waals surface area contributed by atoms with Crippen LogP contribution in [0.4, 0.5) is 11.4 Å². The molecule has 46 heavy (non-hydrogen) atoms. The normalized spacial score (nSPS) is 10.7. The van der Waals surface area contributed by atoms with Gasteiger partial charge in [0.25, 0.3) is 0 Å². The molecule has 0 unspecified atom stereocenters. The van der Waals surface area contributed by atoms with Gasteiger partial charge in [0.05, 0.1) is 77.8 Å². The molecule has 0 atom stereocenters. The minimum Gasteiger partial charge on any atom is -0.493 e. The van der Waals surface area contributed by atoms with E-state index in [4.69, 9.17) is 38.4 Å². The zero-order valence-corrected chi connectivity index (χ0v) is 28.3. The molecular formula is C36H46N4O6. The second-order valence-electron chi connectivity index (χ2n) is 10.9. The summed E-state index contributed by atoms with van der Waals surface area (Å²) in [4.78, 5) is 13.9. The maximum atomic E-state index is 5.49. The molecule has 2 aromatic carbocycles. The Labute approximate surface area is 272 Å². The van der Waals surface area contributed by atoms with Crippen LogP contribution in [0.1, 0.15) is 25.7 Å². The second kappa shape index (κ2) is 16.5. The molecule has 0 amide bonds. The summed E-state index contributed by atoms with van der Waals surface area (Å²) in [6.07, 6.45) is 8.36. The molecule has 0 aliphatic heterocycles. The molecule has 10 heteroatoms. The zero-order valence-electron chi connectivity index (χ0n) is 28.3. The highest BCUT2D eigenvalue weighted by Crippen LogP contribution is 2.42. The monoisotopic (exact) mass is 630 g/mol. The first-order chi connectivity index (χ1) is 22.4. The first-order valence-electron chi connectivity index (χ1n) is 15.3. The molecule has 0 bridgehead atoms. The van der Waals surface area contributed by atoms with Gasteiger partial charge in [-0.25, -0.2) is 0 Å². The van der Waals surface area contributed by atoms with Crippen LogP contribution < -0.4 is 38.2 Å². The molecule has 4 rings (SSSR count). The van der Waals surface area contributed by atoms with Gasteiger partial charge >= 0.3 is 0 Å². The van der Waals surface area contributed by atoms with Crippen molar-refractivity contribution in [3.8, 4) is 57.0 Å². The van der Waals surface area contributed by atoms with E-state index < -0.39 is 0 Å². The molecule has 0 aliphatic carbocycles. The van der Waals surface area contributed by atoms with Gasteiger partial charge in [-0.3, -0.25) is 9.97 Å². The lowest BCUT2D eigenvalue weighted by atomic mass is 10.1. The van der Waals surface area contributed by atoms with Gasteiger partial charge in [0.15, 0.2) is 23.0 Å². The molecule has 0 aliphatic rings. The Balaban J connectivity index is 1.23. The van der Waals surface area contributed by atoms with Crippen LogP contribution in [0.2, 0.25) is 0 Å². The van der Waals surface area contributed by atoms with E-state index in [-0.39, 0.29) is 0 Å². The number of methoxy groups -OCH3 is 6. The van der Waals surface area contributed by atoms with Crippen LogP contribution in [0.3, 0.4) is 0 Å². The van der Waals surface area contributed by atoms with Gasteiger partial charge in [0.1, 0.15) is 0 Å². The lowest BCUT2D eigenvalue weighted by Crippen LogP contribution is -2.19. The Morgan fingerprint density at radius 2 is 0.826 bits per heavy atom. The Hall–Kier alpha value is -4.86. The van der Waals surface area contributed by atoms with Crippen molar-refractivity contribution in [1.29, 1.82) is 0 Å². The molecular weight excluding hydrogens is 584 g/mol. The number of rotatable bonds is 17. The van der Waals surface area contributed by atoms with Crippen molar-refractivity contribution in [2.45, 2.75) is 25.7 Å². The van der Waals surface area contributed by atoms with E-state index in [2.05, 4.69) is 36.0 Å². The molecule has 2 aromatic heterocycles. The highest BCUT2D eigenvalue weighted by Gasteiger charge is 2.16. The van der Waals surface area contributed by atoms with E-state index in [1.165, 1.54) is 0 Å². The van der Waals surface area contributed by atoms with Gasteiger partial charge in [-0.1, -0.05) is 12.8 Å². The summed E-state index contributed by atoms with van der Waals surface area (Å²) in [6.45, 7) is 1.93. The Kier molecular flexibility index (Phi) is 12.2. The van der Waals surface area contributed by atoms with Crippen LogP contribution in [0.5, 0.6) is 34.5 Å². The molecule has 0 spiro atoms. The van der Waals surface area contributed by atoms with Gasteiger partial charge in [0, 0.05) is 38.3 Å². The summed E-state index contributed by atoms with van der Waals surface area (Å²) >= 11 is 0. The molecule has 0 saturated heterocycles. The van der Waals surface area contributed by atoms with Crippen molar-refractivity contribution in [1.82, 2.24) is 9.97 Å². The van der Waals surface area contributed by atoms with Crippen LogP contribution in [0, 0.1) is 0 Å². The minimum absolute atomic E-state index is 0.566. The van der Waals surface area contributed by atoms with Crippen LogP contribution in [0.25, 0.3) is 22.5 Å². The molecule has 2 heterocycles. The maximum Gasteiger partial charge on any atom is 0.203 e. The zero-order chi connectivity index (χ0) is 33.1. The molecule has 10 nitrogen and oxygen atoms in total. The third kappa shape index (κ3) is 8.04. The van der Waals surface area contributed by atoms with E-state index in [0.29, 0.717) is 34.5 Å². The summed E-state index contributed by atoms with van der Waals surface area (Å²) in [6, 6.07) is 15.9. The number of benzene rings is 2. The molecule has 246 valence electrons. The average Bonchev–Trinajstić information content (AvgIpc) is 3.11. The van der Waals surface area contributed by atoms with Crippen molar-refractivity contribution < 1.29 is 28.4 Å². The van der Waals surface area contributed by atoms with E-state index in [1.54, 1.807) is 42.7 Å². The number of hydrogen-bond acceptors (Lipinski definition) is 10. The minimum atomic E-state index is 0.566. The van der Waals surface area contributed by atoms with E-state index in [9.17, 15) is 0 Å². The predicted molar refractivity (Wildman–Crippen MR) is 184 cm³/mol. The number of nitrogens with zero attached hydrogens (tertiary/aromatic N) is 4. The predicted octanol–water partition coefficient (Wildman–Crippen LogP) is 7.00. The number of hydrogen-bond donors (Lipinski definition) is 0. The lowest BCUT2D eigenvalue weighted by Gasteiger charge is -2.20. The number of anilines is 2. The fourth-order valence-electron chi connectivity index (χ4n) is 5.33. The number of unbranched alkanes of at least 4 members (excludes halogenated alkanes) is 3. The third-order valence-electron chi connectivity index (χ3n) is 8.04. The van der Waals surface area contributed by atoms with Crippen molar-refractivity contribution in [3.63, 3.8) is 0 Å². The Morgan fingerprint density at radius 1 is 0.478 bits per heavy atom. The van der Waals surface area contributed by atoms with Gasteiger partial charge < -0.3 is 38.2 Å². The Morgan fingerprint density at radius 3 is 1.09 bits per heavy atom. The summed E-state index contributed by atoms with van der Waals surface area (Å²) in [7, 11) is 13.9. The van der Waals surface area contributed by atoms with Gasteiger partial charge in [-0.2, -0.15) is 0 Å². The van der Waals surface area contributed by atoms with Crippen molar-refractivity contribution in [2.75, 3.05) is 79.6 Å². The molecule has 4 aromatic rings. The molecule has 0 saturated carbocycles. The van der Waals surface area contributed by atoms with Crippen molar-refractivity contribution >= 4 is 11.4 Å². The third-order valence-corrected chi connectivity index (χ3v) is 8.04. The molecule has 0 fully saturated rings. The SMILES string of the molecule is COc1cc(-c2ccc(N(C)CCCCCCN(C)c3ccc(-c4cc(OC)c(OC)c(OC)c4)nc3)cn2)cc(OC)c1OC. The Bertz CT molecular complexity index is 1380. The van der Waals surface area contributed by atoms with Crippen LogP contribution in [0.15, 0.2) is 60.9 Å². The number of aromatic nitrogens is 2. The van der Waals surface area contributed by atoms with E-state index in [1.807, 2.05) is 48.8 Å². The van der Waals surface area contributed by atoms with Crippen molar-refractivity contribution in [2.24, 2.45) is 0 Å². The van der Waals surface area contributed by atoms with Crippen LogP contribution >= 0.6 is 0 Å². The summed E-state index contributed by atoms with van der Waals surface area (Å²) in [5, 5.41) is 0. The van der Waals surface area contributed by atoms with Gasteiger partial charge in [-0.15, -0.1) is 0 Å². The fraction of sp³-hybridized carbons (Fsp3) is 0.389. The second-order valence-corrected chi connectivity index (χ2v) is 10.9. The molecule has 0 N–H and O–H groups in total. The fourth-order valence-corrected chi connectivity index (χ4v) is 5.33. The van der Waals surface area contributed by atoms with Crippen molar-refractivity contribution in [3.05, 3.63) is 60.9 Å². The van der Waals surface area contributed by atoms with Gasteiger partial charge in [0.2, 0.25) is 11.5 Å². The largest absolute Gasteiger partial charge is 0.493 e. The summed E-state index contributed by atoms with van der Waals surface area (Å²) in [5.74, 6) is 3.55. The van der Waals surface area contributed by atoms with Gasteiger partial charge in [-0.05, 0) is 61.4 Å². The summed E-state index contributed by atoms with van der Waals surface area (Å²) in [5.41, 5.74) is 5.65. The van der Waals surface area contributed by atoms with Crippen LogP contribution in [-0.4, -0.2) is 79.8 Å². The highest BCUT2D eigenvalue weighted by atomic mass is 16.5. The number of ether oxygens (including phenoxy) is 6. The quantitative estimate of drug-likeness (QED) is 0.114. The first kappa shape index (κ1) is 34.0. The maximum absolute atomic E-state index is 5.49. The standard InChI is InChI=1S/C36H46N4O6/c1-39(27-13-15-29(37-23-27)25-19-31(41-3)35(45-7)32(20-25)42-4)17-11-9-10-12-18-40(2)28-14-16-30(38-24-28)26-21-33(43-5)36(46-8)34(22-26)44-6/h13-16,19-24H,9-12,17-18H2,1-8H3.